The Balaban J connectivity index is 1.81. The molecule has 0 heterocycles. The van der Waals surface area contributed by atoms with Gasteiger partial charge in [-0.2, -0.15) is 0 Å². The van der Waals surface area contributed by atoms with E-state index in [0.717, 1.165) is 20.3 Å². The normalized spacial score (nSPS) is 11.9. The fourth-order valence-electron chi connectivity index (χ4n) is 4.79. The lowest BCUT2D eigenvalue weighted by atomic mass is 10.0. The molecule has 2 amide bonds. The Morgan fingerprint density at radius 3 is 2.18 bits per heavy atom. The number of nitrogens with zero attached hydrogens (tertiary/aromatic N) is 2. The molecular formula is C34H35Cl2N3O4S2. The first kappa shape index (κ1) is 34.4. The zero-order valence-electron chi connectivity index (χ0n) is 25.2. The molecule has 4 aromatic rings. The molecule has 0 radical (unpaired) electrons. The van der Waals surface area contributed by atoms with Gasteiger partial charge in [0.1, 0.15) is 12.6 Å². The summed E-state index contributed by atoms with van der Waals surface area (Å²) >= 11 is 14.2. The Bertz CT molecular complexity index is 1720. The lowest BCUT2D eigenvalue weighted by Gasteiger charge is -2.34. The zero-order valence-corrected chi connectivity index (χ0v) is 28.4. The fraction of sp³-hybridized carbons (Fsp3) is 0.235. The van der Waals surface area contributed by atoms with Gasteiger partial charge in [0.2, 0.25) is 11.8 Å². The van der Waals surface area contributed by atoms with Gasteiger partial charge in [0.05, 0.1) is 10.6 Å². The highest BCUT2D eigenvalue weighted by Crippen LogP contribution is 2.28. The van der Waals surface area contributed by atoms with Crippen LogP contribution in [0.1, 0.15) is 23.6 Å². The lowest BCUT2D eigenvalue weighted by Crippen LogP contribution is -2.53. The van der Waals surface area contributed by atoms with Crippen LogP contribution in [-0.2, 0) is 32.6 Å². The molecule has 0 saturated carbocycles. The van der Waals surface area contributed by atoms with Crippen molar-refractivity contribution in [1.82, 2.24) is 10.2 Å². The van der Waals surface area contributed by atoms with Gasteiger partial charge in [-0.25, -0.2) is 8.42 Å². The van der Waals surface area contributed by atoms with E-state index in [1.165, 1.54) is 28.8 Å². The minimum absolute atomic E-state index is 0.0468. The number of anilines is 1. The highest BCUT2D eigenvalue weighted by molar-refractivity contribution is 7.98. The summed E-state index contributed by atoms with van der Waals surface area (Å²) in [5, 5.41) is 3.60. The lowest BCUT2D eigenvalue weighted by molar-refractivity contribution is -0.140. The fourth-order valence-corrected chi connectivity index (χ4v) is 7.08. The van der Waals surface area contributed by atoms with Crippen molar-refractivity contribution >= 4 is 62.5 Å². The van der Waals surface area contributed by atoms with Crippen LogP contribution in [0, 0.1) is 6.92 Å². The second kappa shape index (κ2) is 15.7. The molecule has 1 atom stereocenters. The summed E-state index contributed by atoms with van der Waals surface area (Å²) in [6.07, 6.45) is 2.11. The quantitative estimate of drug-likeness (QED) is 0.154. The molecule has 11 heteroatoms. The van der Waals surface area contributed by atoms with E-state index in [4.69, 9.17) is 23.2 Å². The van der Waals surface area contributed by atoms with Crippen LogP contribution in [-0.4, -0.2) is 50.5 Å². The average molecular weight is 685 g/mol. The van der Waals surface area contributed by atoms with Crippen molar-refractivity contribution in [2.24, 2.45) is 0 Å². The molecule has 0 aliphatic heterocycles. The minimum atomic E-state index is -4.19. The number of amides is 2. The van der Waals surface area contributed by atoms with Gasteiger partial charge >= 0.3 is 0 Å². The summed E-state index contributed by atoms with van der Waals surface area (Å²) in [4.78, 5) is 30.4. The van der Waals surface area contributed by atoms with Crippen LogP contribution in [0.25, 0.3) is 0 Å². The first-order valence-corrected chi connectivity index (χ1v) is 17.7. The number of carbonyl (C=O) groups excluding carboxylic acids is 2. The van der Waals surface area contributed by atoms with E-state index in [1.54, 1.807) is 61.5 Å². The van der Waals surface area contributed by atoms with Crippen molar-refractivity contribution in [3.8, 4) is 0 Å². The molecule has 0 spiro atoms. The smallest absolute Gasteiger partial charge is 0.264 e. The number of carbonyl (C=O) groups is 2. The minimum Gasteiger partial charge on any atom is -0.355 e. The zero-order chi connectivity index (χ0) is 32.6. The highest BCUT2D eigenvalue weighted by Gasteiger charge is 2.34. The largest absolute Gasteiger partial charge is 0.355 e. The summed E-state index contributed by atoms with van der Waals surface area (Å²) in [6.45, 7) is 3.45. The Kier molecular flexibility index (Phi) is 12.0. The molecule has 0 fully saturated rings. The molecule has 0 saturated heterocycles. The average Bonchev–Trinajstić information content (AvgIpc) is 3.03. The molecule has 45 heavy (non-hydrogen) atoms. The van der Waals surface area contributed by atoms with Crippen molar-refractivity contribution in [2.45, 2.75) is 42.6 Å². The van der Waals surface area contributed by atoms with Gasteiger partial charge < -0.3 is 10.2 Å². The molecule has 0 aliphatic rings. The van der Waals surface area contributed by atoms with E-state index in [0.29, 0.717) is 27.8 Å². The summed E-state index contributed by atoms with van der Waals surface area (Å²) in [6, 6.07) is 26.8. The molecule has 0 bridgehead atoms. The van der Waals surface area contributed by atoms with Crippen molar-refractivity contribution in [2.75, 3.05) is 23.7 Å². The van der Waals surface area contributed by atoms with Gasteiger partial charge in [0.15, 0.2) is 0 Å². The van der Waals surface area contributed by atoms with Crippen LogP contribution < -0.4 is 9.62 Å². The summed E-state index contributed by atoms with van der Waals surface area (Å²) < 4.78 is 29.4. The Labute approximate surface area is 279 Å². The number of hydrogen-bond donors (Lipinski definition) is 1. The number of sulfonamides is 1. The molecule has 7 nitrogen and oxygen atoms in total. The SMILES string of the molecule is CCNC(=O)C(Cc1ccccc1)N(Cc1ccc(Cl)cc1Cl)C(=O)CN(c1ccc(C)cc1)S(=O)(=O)c1ccc(SC)cc1. The number of halogens is 2. The van der Waals surface area contributed by atoms with Crippen LogP contribution in [0.2, 0.25) is 10.0 Å². The predicted molar refractivity (Wildman–Crippen MR) is 184 cm³/mol. The molecule has 4 rings (SSSR count). The summed E-state index contributed by atoms with van der Waals surface area (Å²) in [7, 11) is -4.19. The van der Waals surface area contributed by atoms with E-state index in [9.17, 15) is 18.0 Å². The van der Waals surface area contributed by atoms with Gasteiger partial charge in [0, 0.05) is 34.5 Å². The Hall–Kier alpha value is -3.50. The molecular weight excluding hydrogens is 649 g/mol. The number of thioether (sulfide) groups is 1. The highest BCUT2D eigenvalue weighted by atomic mass is 35.5. The van der Waals surface area contributed by atoms with Crippen LogP contribution in [0.3, 0.4) is 0 Å². The Morgan fingerprint density at radius 2 is 1.58 bits per heavy atom. The monoisotopic (exact) mass is 683 g/mol. The van der Waals surface area contributed by atoms with Gasteiger partial charge in [-0.15, -0.1) is 11.8 Å². The van der Waals surface area contributed by atoms with Crippen molar-refractivity contribution < 1.29 is 18.0 Å². The number of likely N-dealkylation sites (N-methyl/N-ethyl adjacent to an activating group) is 1. The molecule has 236 valence electrons. The standard InChI is InChI=1S/C34H35Cl2N3O4S2/c1-4-37-34(41)32(20-25-8-6-5-7-9-25)38(22-26-12-13-27(35)21-31(26)36)33(40)23-39(28-14-10-24(2)11-15-28)45(42,43)30-18-16-29(44-3)17-19-30/h5-19,21,32H,4,20,22-23H2,1-3H3,(H,37,41). The number of nitrogens with one attached hydrogen (secondary N) is 1. The van der Waals surface area contributed by atoms with Gasteiger partial charge in [-0.3, -0.25) is 13.9 Å². The van der Waals surface area contributed by atoms with E-state index < -0.39 is 28.5 Å². The third kappa shape index (κ3) is 8.82. The summed E-state index contributed by atoms with van der Waals surface area (Å²) in [5.74, 6) is -0.935. The number of benzene rings is 4. The number of hydrogen-bond acceptors (Lipinski definition) is 5. The number of rotatable bonds is 13. The third-order valence-corrected chi connectivity index (χ3v) is 10.3. The van der Waals surface area contributed by atoms with Crippen LogP contribution in [0.5, 0.6) is 0 Å². The molecule has 0 aliphatic carbocycles. The van der Waals surface area contributed by atoms with Crippen molar-refractivity contribution in [1.29, 1.82) is 0 Å². The van der Waals surface area contributed by atoms with E-state index in [2.05, 4.69) is 5.32 Å². The van der Waals surface area contributed by atoms with Crippen molar-refractivity contribution in [3.05, 3.63) is 124 Å². The number of aryl methyl sites for hydroxylation is 1. The van der Waals surface area contributed by atoms with E-state index >= 15 is 0 Å². The van der Waals surface area contributed by atoms with Gasteiger partial charge in [-0.1, -0.05) is 77.3 Å². The van der Waals surface area contributed by atoms with Gasteiger partial charge in [0.25, 0.3) is 10.0 Å². The summed E-state index contributed by atoms with van der Waals surface area (Å²) in [5.41, 5.74) is 2.66. The van der Waals surface area contributed by atoms with E-state index in [1.807, 2.05) is 43.5 Å². The van der Waals surface area contributed by atoms with Crippen LogP contribution in [0.15, 0.2) is 107 Å². The molecule has 0 aromatic heterocycles. The maximum atomic E-state index is 14.5. The first-order valence-electron chi connectivity index (χ1n) is 14.3. The van der Waals surface area contributed by atoms with Gasteiger partial charge in [-0.05, 0) is 79.8 Å². The first-order chi connectivity index (χ1) is 21.5. The third-order valence-electron chi connectivity index (χ3n) is 7.23. The van der Waals surface area contributed by atoms with Crippen LogP contribution >= 0.6 is 35.0 Å². The maximum Gasteiger partial charge on any atom is 0.264 e. The molecule has 4 aromatic carbocycles. The van der Waals surface area contributed by atoms with E-state index in [-0.39, 0.29) is 23.8 Å². The predicted octanol–water partition coefficient (Wildman–Crippen LogP) is 7.00. The van der Waals surface area contributed by atoms with Crippen molar-refractivity contribution in [3.63, 3.8) is 0 Å². The topological polar surface area (TPSA) is 86.8 Å². The van der Waals surface area contributed by atoms with Crippen LogP contribution in [0.4, 0.5) is 5.69 Å². The second-order valence-electron chi connectivity index (χ2n) is 10.4. The second-order valence-corrected chi connectivity index (χ2v) is 14.0. The Morgan fingerprint density at radius 1 is 0.911 bits per heavy atom. The molecule has 1 N–H and O–H groups in total. The maximum absolute atomic E-state index is 14.5. The molecule has 1 unspecified atom stereocenters.